The van der Waals surface area contributed by atoms with Crippen LogP contribution in [0.3, 0.4) is 0 Å². The molecule has 0 aromatic heterocycles. The van der Waals surface area contributed by atoms with Gasteiger partial charge in [-0.05, 0) is 37.1 Å². The molecule has 1 heterocycles. The van der Waals surface area contributed by atoms with Crippen molar-refractivity contribution in [2.45, 2.75) is 12.8 Å². The smallest absolute Gasteiger partial charge is 0.161 e. The normalized spacial score (nSPS) is 15.9. The van der Waals surface area contributed by atoms with Crippen LogP contribution in [-0.4, -0.2) is 58.0 Å². The Hall–Kier alpha value is -1.30. The molecule has 0 aliphatic carbocycles. The van der Waals surface area contributed by atoms with Crippen molar-refractivity contribution in [1.82, 2.24) is 4.90 Å². The summed E-state index contributed by atoms with van der Waals surface area (Å²) in [6, 6.07) is 6.10. The second-order valence-corrected chi connectivity index (χ2v) is 5.18. The third kappa shape index (κ3) is 5.19. The number of morpholine rings is 1. The number of rotatable bonds is 8. The maximum Gasteiger partial charge on any atom is 0.161 e. The molecule has 0 saturated carbocycles. The molecule has 118 valence electrons. The summed E-state index contributed by atoms with van der Waals surface area (Å²) >= 11 is 0. The first-order chi connectivity index (χ1) is 10.3. The maximum absolute atomic E-state index is 5.91. The van der Waals surface area contributed by atoms with Gasteiger partial charge in [0.05, 0.1) is 20.3 Å². The predicted molar refractivity (Wildman–Crippen MR) is 83.1 cm³/mol. The van der Waals surface area contributed by atoms with Gasteiger partial charge in [-0.3, -0.25) is 4.90 Å². The summed E-state index contributed by atoms with van der Waals surface area (Å²) in [4.78, 5) is 2.36. The second kappa shape index (κ2) is 8.87. The summed E-state index contributed by atoms with van der Waals surface area (Å²) in [5.41, 5.74) is 6.80. The van der Waals surface area contributed by atoms with Crippen molar-refractivity contribution in [2.75, 3.05) is 53.1 Å². The largest absolute Gasteiger partial charge is 0.493 e. The zero-order valence-corrected chi connectivity index (χ0v) is 12.8. The minimum absolute atomic E-state index is 0.663. The molecule has 2 rings (SSSR count). The molecule has 0 amide bonds. The number of nitrogens with zero attached hydrogens (tertiary/aromatic N) is 1. The van der Waals surface area contributed by atoms with Gasteiger partial charge in [-0.25, -0.2) is 0 Å². The van der Waals surface area contributed by atoms with Gasteiger partial charge in [0.1, 0.15) is 6.61 Å². The SMILES string of the molecule is COc1ccc(CCCN)cc1OCCN1CCOCC1. The first-order valence-electron chi connectivity index (χ1n) is 7.63. The van der Waals surface area contributed by atoms with Crippen LogP contribution < -0.4 is 15.2 Å². The quantitative estimate of drug-likeness (QED) is 0.783. The number of ether oxygens (including phenoxy) is 3. The lowest BCUT2D eigenvalue weighted by molar-refractivity contribution is 0.0321. The predicted octanol–water partition coefficient (Wildman–Crippen LogP) is 1.30. The lowest BCUT2D eigenvalue weighted by atomic mass is 10.1. The second-order valence-electron chi connectivity index (χ2n) is 5.18. The standard InChI is InChI=1S/C16H26N2O3/c1-19-15-5-4-14(3-2-6-17)13-16(15)21-12-9-18-7-10-20-11-8-18/h4-5,13H,2-3,6-12,17H2,1H3. The monoisotopic (exact) mass is 294 g/mol. The molecule has 5 nitrogen and oxygen atoms in total. The van der Waals surface area contributed by atoms with E-state index in [4.69, 9.17) is 19.9 Å². The van der Waals surface area contributed by atoms with E-state index in [-0.39, 0.29) is 0 Å². The van der Waals surface area contributed by atoms with Crippen LogP contribution in [0.5, 0.6) is 11.5 Å². The average Bonchev–Trinajstić information content (AvgIpc) is 2.54. The highest BCUT2D eigenvalue weighted by Gasteiger charge is 2.11. The molecule has 1 aliphatic rings. The van der Waals surface area contributed by atoms with E-state index in [9.17, 15) is 0 Å². The Morgan fingerprint density at radius 1 is 1.24 bits per heavy atom. The molecular weight excluding hydrogens is 268 g/mol. The van der Waals surface area contributed by atoms with E-state index in [0.29, 0.717) is 13.2 Å². The van der Waals surface area contributed by atoms with Gasteiger partial charge in [0.25, 0.3) is 0 Å². The Morgan fingerprint density at radius 2 is 2.05 bits per heavy atom. The summed E-state index contributed by atoms with van der Waals surface area (Å²) in [5, 5.41) is 0. The highest BCUT2D eigenvalue weighted by molar-refractivity contribution is 5.43. The average molecular weight is 294 g/mol. The molecule has 21 heavy (non-hydrogen) atoms. The van der Waals surface area contributed by atoms with Crippen molar-refractivity contribution in [1.29, 1.82) is 0 Å². The highest BCUT2D eigenvalue weighted by Crippen LogP contribution is 2.28. The number of nitrogens with two attached hydrogens (primary N) is 1. The van der Waals surface area contributed by atoms with E-state index < -0.39 is 0 Å². The third-order valence-corrected chi connectivity index (χ3v) is 3.67. The van der Waals surface area contributed by atoms with Crippen LogP contribution in [0.15, 0.2) is 18.2 Å². The van der Waals surface area contributed by atoms with Crippen LogP contribution in [0.1, 0.15) is 12.0 Å². The summed E-state index contributed by atoms with van der Waals surface area (Å²) < 4.78 is 16.6. The molecular formula is C16H26N2O3. The first-order valence-corrected chi connectivity index (χ1v) is 7.63. The highest BCUT2D eigenvalue weighted by atomic mass is 16.5. The van der Waals surface area contributed by atoms with Crippen molar-refractivity contribution in [2.24, 2.45) is 5.73 Å². The number of hydrogen-bond acceptors (Lipinski definition) is 5. The minimum Gasteiger partial charge on any atom is -0.493 e. The van der Waals surface area contributed by atoms with Crippen LogP contribution in [0.25, 0.3) is 0 Å². The number of methoxy groups -OCH3 is 1. The van der Waals surface area contributed by atoms with Crippen LogP contribution >= 0.6 is 0 Å². The molecule has 0 unspecified atom stereocenters. The van der Waals surface area contributed by atoms with Crippen LogP contribution in [0.2, 0.25) is 0 Å². The van der Waals surface area contributed by atoms with Crippen molar-refractivity contribution in [3.8, 4) is 11.5 Å². The number of aryl methyl sites for hydroxylation is 1. The number of benzene rings is 1. The number of hydrogen-bond donors (Lipinski definition) is 1. The molecule has 1 aromatic rings. The van der Waals surface area contributed by atoms with Gasteiger partial charge in [-0.15, -0.1) is 0 Å². The van der Waals surface area contributed by atoms with Gasteiger partial charge in [0, 0.05) is 19.6 Å². The lowest BCUT2D eigenvalue weighted by Gasteiger charge is -2.26. The summed E-state index contributed by atoms with van der Waals surface area (Å²) in [6.07, 6.45) is 1.96. The maximum atomic E-state index is 5.91. The molecule has 0 spiro atoms. The molecule has 1 aliphatic heterocycles. The fraction of sp³-hybridized carbons (Fsp3) is 0.625. The molecule has 1 saturated heterocycles. The molecule has 0 atom stereocenters. The zero-order valence-electron chi connectivity index (χ0n) is 12.8. The van der Waals surface area contributed by atoms with Gasteiger partial charge >= 0.3 is 0 Å². The Balaban J connectivity index is 1.87. The van der Waals surface area contributed by atoms with Crippen molar-refractivity contribution in [3.05, 3.63) is 23.8 Å². The zero-order chi connectivity index (χ0) is 14.9. The molecule has 1 aromatic carbocycles. The van der Waals surface area contributed by atoms with Crippen LogP contribution in [0, 0.1) is 0 Å². The Labute approximate surface area is 127 Å². The van der Waals surface area contributed by atoms with Gasteiger partial charge in [-0.2, -0.15) is 0 Å². The van der Waals surface area contributed by atoms with E-state index in [2.05, 4.69) is 17.0 Å². The van der Waals surface area contributed by atoms with Crippen LogP contribution in [0.4, 0.5) is 0 Å². The van der Waals surface area contributed by atoms with E-state index in [1.165, 1.54) is 5.56 Å². The van der Waals surface area contributed by atoms with Crippen molar-refractivity contribution in [3.63, 3.8) is 0 Å². The van der Waals surface area contributed by atoms with E-state index in [1.807, 2.05) is 6.07 Å². The molecule has 5 heteroatoms. The van der Waals surface area contributed by atoms with Crippen molar-refractivity contribution < 1.29 is 14.2 Å². The lowest BCUT2D eigenvalue weighted by Crippen LogP contribution is -2.38. The Kier molecular flexibility index (Phi) is 6.79. The molecule has 0 radical (unpaired) electrons. The molecule has 0 bridgehead atoms. The minimum atomic E-state index is 0.663. The third-order valence-electron chi connectivity index (χ3n) is 3.67. The van der Waals surface area contributed by atoms with Crippen LogP contribution in [-0.2, 0) is 11.2 Å². The van der Waals surface area contributed by atoms with Gasteiger partial charge in [0.15, 0.2) is 11.5 Å². The molecule has 2 N–H and O–H groups in total. The topological polar surface area (TPSA) is 57.0 Å². The fourth-order valence-corrected chi connectivity index (χ4v) is 2.41. The van der Waals surface area contributed by atoms with E-state index in [0.717, 1.165) is 57.2 Å². The fourth-order valence-electron chi connectivity index (χ4n) is 2.41. The first kappa shape index (κ1) is 16.1. The van der Waals surface area contributed by atoms with E-state index in [1.54, 1.807) is 7.11 Å². The molecule has 1 fully saturated rings. The summed E-state index contributed by atoms with van der Waals surface area (Å²) in [7, 11) is 1.67. The Morgan fingerprint density at radius 3 is 2.76 bits per heavy atom. The summed E-state index contributed by atoms with van der Waals surface area (Å²) in [6.45, 7) is 5.89. The van der Waals surface area contributed by atoms with Gasteiger partial charge < -0.3 is 19.9 Å². The van der Waals surface area contributed by atoms with Gasteiger partial charge in [0.2, 0.25) is 0 Å². The Bertz CT molecular complexity index is 420. The van der Waals surface area contributed by atoms with E-state index >= 15 is 0 Å². The van der Waals surface area contributed by atoms with Gasteiger partial charge in [-0.1, -0.05) is 6.07 Å². The van der Waals surface area contributed by atoms with Crippen molar-refractivity contribution >= 4 is 0 Å². The summed E-state index contributed by atoms with van der Waals surface area (Å²) in [5.74, 6) is 1.61.